The number of hydrogen-bond donors (Lipinski definition) is 2. The Bertz CT molecular complexity index is 445. The van der Waals surface area contributed by atoms with E-state index in [0.717, 1.165) is 17.7 Å². The summed E-state index contributed by atoms with van der Waals surface area (Å²) in [6.07, 6.45) is 3.04. The lowest BCUT2D eigenvalue weighted by Crippen LogP contribution is -2.32. The molecular formula is C13H18N2OS2. The van der Waals surface area contributed by atoms with Crippen molar-refractivity contribution in [1.82, 2.24) is 5.32 Å². The Morgan fingerprint density at radius 2 is 2.44 bits per heavy atom. The Morgan fingerprint density at radius 3 is 3.11 bits per heavy atom. The van der Waals surface area contributed by atoms with Gasteiger partial charge in [0.25, 0.3) is 5.91 Å². The molecule has 0 bridgehead atoms. The molecule has 3 N–H and O–H groups in total. The lowest BCUT2D eigenvalue weighted by atomic mass is 10.2. The SMILES string of the molecule is CSCCC(C)NC(=O)c1sccc1C#CCN. The molecule has 1 amide bonds. The molecule has 0 radical (unpaired) electrons. The topological polar surface area (TPSA) is 55.1 Å². The number of carbonyl (C=O) groups is 1. The van der Waals surface area contributed by atoms with Crippen LogP contribution in [0.2, 0.25) is 0 Å². The Morgan fingerprint density at radius 1 is 1.67 bits per heavy atom. The third-order valence-electron chi connectivity index (χ3n) is 2.33. The second-order valence-electron chi connectivity index (χ2n) is 3.83. The van der Waals surface area contributed by atoms with Crippen LogP contribution in [0.4, 0.5) is 0 Å². The molecule has 1 heterocycles. The monoisotopic (exact) mass is 282 g/mol. The number of thioether (sulfide) groups is 1. The molecule has 1 atom stereocenters. The van der Waals surface area contributed by atoms with E-state index in [9.17, 15) is 4.79 Å². The smallest absolute Gasteiger partial charge is 0.262 e. The van der Waals surface area contributed by atoms with Gasteiger partial charge >= 0.3 is 0 Å². The normalized spacial score (nSPS) is 11.5. The molecule has 1 rings (SSSR count). The number of carbonyl (C=O) groups excluding carboxylic acids is 1. The van der Waals surface area contributed by atoms with E-state index in [1.54, 1.807) is 11.8 Å². The Kier molecular flexibility index (Phi) is 6.88. The standard InChI is InChI=1S/C13H18N2OS2/c1-10(5-8-17-2)15-13(16)12-11(4-3-7-14)6-9-18-12/h6,9-10H,5,7-8,14H2,1-2H3,(H,15,16). The molecule has 0 saturated heterocycles. The van der Waals surface area contributed by atoms with Crippen LogP contribution in [0.15, 0.2) is 11.4 Å². The van der Waals surface area contributed by atoms with Crippen LogP contribution in [0.3, 0.4) is 0 Å². The summed E-state index contributed by atoms with van der Waals surface area (Å²) < 4.78 is 0. The average molecular weight is 282 g/mol. The lowest BCUT2D eigenvalue weighted by Gasteiger charge is -2.12. The quantitative estimate of drug-likeness (QED) is 0.811. The minimum Gasteiger partial charge on any atom is -0.349 e. The summed E-state index contributed by atoms with van der Waals surface area (Å²) in [6, 6.07) is 2.04. The highest BCUT2D eigenvalue weighted by molar-refractivity contribution is 7.98. The zero-order valence-corrected chi connectivity index (χ0v) is 12.3. The van der Waals surface area contributed by atoms with Gasteiger partial charge in [0.2, 0.25) is 0 Å². The highest BCUT2D eigenvalue weighted by Crippen LogP contribution is 2.16. The van der Waals surface area contributed by atoms with Crippen LogP contribution in [-0.2, 0) is 0 Å². The molecule has 0 saturated carbocycles. The highest BCUT2D eigenvalue weighted by atomic mass is 32.2. The van der Waals surface area contributed by atoms with Crippen molar-refractivity contribution in [2.75, 3.05) is 18.6 Å². The fraction of sp³-hybridized carbons (Fsp3) is 0.462. The molecule has 5 heteroatoms. The van der Waals surface area contributed by atoms with Gasteiger partial charge in [-0.3, -0.25) is 4.79 Å². The van der Waals surface area contributed by atoms with Crippen molar-refractivity contribution in [3.8, 4) is 11.8 Å². The Balaban J connectivity index is 2.64. The zero-order valence-electron chi connectivity index (χ0n) is 10.7. The van der Waals surface area contributed by atoms with Crippen LogP contribution < -0.4 is 11.1 Å². The minimum absolute atomic E-state index is 0.0417. The zero-order chi connectivity index (χ0) is 13.4. The summed E-state index contributed by atoms with van der Waals surface area (Å²) in [6.45, 7) is 2.33. The van der Waals surface area contributed by atoms with Gasteiger partial charge in [-0.05, 0) is 36.8 Å². The second kappa shape index (κ2) is 8.20. The van der Waals surface area contributed by atoms with Crippen LogP contribution in [0.1, 0.15) is 28.6 Å². The van der Waals surface area contributed by atoms with Crippen LogP contribution in [0.25, 0.3) is 0 Å². The molecule has 3 nitrogen and oxygen atoms in total. The molecule has 98 valence electrons. The molecule has 0 aliphatic heterocycles. The van der Waals surface area contributed by atoms with E-state index >= 15 is 0 Å². The van der Waals surface area contributed by atoms with E-state index in [-0.39, 0.29) is 11.9 Å². The van der Waals surface area contributed by atoms with E-state index in [2.05, 4.69) is 23.4 Å². The molecule has 0 aromatic carbocycles. The molecule has 1 unspecified atom stereocenters. The van der Waals surface area contributed by atoms with E-state index in [0.29, 0.717) is 11.4 Å². The van der Waals surface area contributed by atoms with Gasteiger partial charge in [0.1, 0.15) is 4.88 Å². The van der Waals surface area contributed by atoms with Crippen LogP contribution >= 0.6 is 23.1 Å². The van der Waals surface area contributed by atoms with Crippen LogP contribution in [0.5, 0.6) is 0 Å². The third kappa shape index (κ3) is 4.73. The highest BCUT2D eigenvalue weighted by Gasteiger charge is 2.14. The number of nitrogens with one attached hydrogen (secondary N) is 1. The lowest BCUT2D eigenvalue weighted by molar-refractivity contribution is 0.0943. The molecule has 0 fully saturated rings. The summed E-state index contributed by atoms with van der Waals surface area (Å²) >= 11 is 3.20. The number of nitrogens with two attached hydrogens (primary N) is 1. The fourth-order valence-corrected chi connectivity index (χ4v) is 2.73. The van der Waals surface area contributed by atoms with Gasteiger partial charge < -0.3 is 11.1 Å². The number of thiophene rings is 1. The first-order valence-corrected chi connectivity index (χ1v) is 8.02. The van der Waals surface area contributed by atoms with Gasteiger partial charge in [0.05, 0.1) is 6.54 Å². The van der Waals surface area contributed by atoms with Crippen molar-refractivity contribution in [2.45, 2.75) is 19.4 Å². The fourth-order valence-electron chi connectivity index (χ4n) is 1.39. The number of amides is 1. The van der Waals surface area contributed by atoms with Gasteiger partial charge in [-0.2, -0.15) is 11.8 Å². The van der Waals surface area contributed by atoms with Crippen molar-refractivity contribution in [2.24, 2.45) is 5.73 Å². The summed E-state index contributed by atoms with van der Waals surface area (Å²) in [5.74, 6) is 6.70. The maximum Gasteiger partial charge on any atom is 0.262 e. The maximum atomic E-state index is 12.1. The summed E-state index contributed by atoms with van der Waals surface area (Å²) in [7, 11) is 0. The van der Waals surface area contributed by atoms with Gasteiger partial charge in [-0.15, -0.1) is 11.3 Å². The predicted octanol–water partition coefficient (Wildman–Crippen LogP) is 1.93. The molecule has 1 aromatic rings. The Hall–Kier alpha value is -0.960. The molecule has 0 spiro atoms. The predicted molar refractivity (Wildman–Crippen MR) is 80.2 cm³/mol. The molecule has 1 aromatic heterocycles. The van der Waals surface area contributed by atoms with Crippen molar-refractivity contribution in [3.63, 3.8) is 0 Å². The molecule has 0 aliphatic rings. The van der Waals surface area contributed by atoms with E-state index in [4.69, 9.17) is 5.73 Å². The first kappa shape index (κ1) is 15.1. The van der Waals surface area contributed by atoms with Crippen molar-refractivity contribution in [3.05, 3.63) is 21.9 Å². The van der Waals surface area contributed by atoms with Crippen LogP contribution in [0, 0.1) is 11.8 Å². The number of rotatable bonds is 5. The molecular weight excluding hydrogens is 264 g/mol. The van der Waals surface area contributed by atoms with Crippen molar-refractivity contribution >= 4 is 29.0 Å². The van der Waals surface area contributed by atoms with Gasteiger partial charge in [0.15, 0.2) is 0 Å². The molecule has 18 heavy (non-hydrogen) atoms. The summed E-state index contributed by atoms with van der Waals surface area (Å²) in [5.41, 5.74) is 6.10. The summed E-state index contributed by atoms with van der Waals surface area (Å²) in [4.78, 5) is 12.7. The molecule has 0 aliphatic carbocycles. The first-order valence-electron chi connectivity index (χ1n) is 5.75. The largest absolute Gasteiger partial charge is 0.349 e. The average Bonchev–Trinajstić information content (AvgIpc) is 2.82. The maximum absolute atomic E-state index is 12.1. The van der Waals surface area contributed by atoms with E-state index < -0.39 is 0 Å². The van der Waals surface area contributed by atoms with Gasteiger partial charge in [0, 0.05) is 11.6 Å². The van der Waals surface area contributed by atoms with Crippen molar-refractivity contribution < 1.29 is 4.79 Å². The number of hydrogen-bond acceptors (Lipinski definition) is 4. The minimum atomic E-state index is -0.0417. The van der Waals surface area contributed by atoms with Gasteiger partial charge in [-0.25, -0.2) is 0 Å². The van der Waals surface area contributed by atoms with E-state index in [1.807, 2.05) is 18.4 Å². The summed E-state index contributed by atoms with van der Waals surface area (Å²) in [5, 5.41) is 4.87. The second-order valence-corrected chi connectivity index (χ2v) is 5.73. The third-order valence-corrected chi connectivity index (χ3v) is 3.89. The van der Waals surface area contributed by atoms with Gasteiger partial charge in [-0.1, -0.05) is 11.8 Å². The van der Waals surface area contributed by atoms with Crippen molar-refractivity contribution in [1.29, 1.82) is 0 Å². The van der Waals surface area contributed by atoms with E-state index in [1.165, 1.54) is 11.3 Å². The van der Waals surface area contributed by atoms with Crippen LogP contribution in [-0.4, -0.2) is 30.5 Å². The Labute approximate surface area is 117 Å². The first-order chi connectivity index (χ1) is 8.69.